The molecule has 112 valence electrons. The van der Waals surface area contributed by atoms with Gasteiger partial charge in [0.25, 0.3) is 0 Å². The number of carbonyl (C=O) groups excluding carboxylic acids is 1. The van der Waals surface area contributed by atoms with Crippen LogP contribution in [0, 0.1) is 0 Å². The fourth-order valence-corrected chi connectivity index (χ4v) is 1.81. The first-order valence-corrected chi connectivity index (χ1v) is 6.53. The summed E-state index contributed by atoms with van der Waals surface area (Å²) in [7, 11) is 0. The van der Waals surface area contributed by atoms with Crippen LogP contribution in [-0.2, 0) is 16.0 Å². The first-order chi connectivity index (χ1) is 9.71. The van der Waals surface area contributed by atoms with E-state index in [2.05, 4.69) is 0 Å². The number of anilines is 1. The van der Waals surface area contributed by atoms with Crippen LogP contribution >= 0.6 is 0 Å². The Bertz CT molecular complexity index is 387. The lowest BCUT2D eigenvalue weighted by Gasteiger charge is -2.23. The van der Waals surface area contributed by atoms with Crippen LogP contribution in [0.4, 0.5) is 5.69 Å². The van der Waals surface area contributed by atoms with Crippen LogP contribution in [0.3, 0.4) is 0 Å². The fourth-order valence-electron chi connectivity index (χ4n) is 1.81. The summed E-state index contributed by atoms with van der Waals surface area (Å²) in [6.45, 7) is 0.737. The van der Waals surface area contributed by atoms with Crippen molar-refractivity contribution in [2.24, 2.45) is 0 Å². The minimum absolute atomic E-state index is 0.00916. The Kier molecular flexibility index (Phi) is 7.64. The van der Waals surface area contributed by atoms with Gasteiger partial charge in [0, 0.05) is 18.8 Å². The third-order valence-corrected chi connectivity index (χ3v) is 2.74. The molecule has 0 amide bonds. The van der Waals surface area contributed by atoms with Gasteiger partial charge >= 0.3 is 5.97 Å². The number of hydrogen-bond donors (Lipinski definition) is 3. The van der Waals surface area contributed by atoms with E-state index in [0.29, 0.717) is 13.1 Å². The Morgan fingerprint density at radius 2 is 1.60 bits per heavy atom. The Morgan fingerprint density at radius 3 is 2.10 bits per heavy atom. The number of nitrogens with zero attached hydrogens (tertiary/aromatic N) is 1. The molecule has 0 aliphatic carbocycles. The number of rotatable bonds is 9. The molecule has 3 N–H and O–H groups in total. The van der Waals surface area contributed by atoms with Gasteiger partial charge < -0.3 is 25.0 Å². The van der Waals surface area contributed by atoms with Crippen molar-refractivity contribution in [3.8, 4) is 0 Å². The highest BCUT2D eigenvalue weighted by molar-refractivity contribution is 5.72. The van der Waals surface area contributed by atoms with Gasteiger partial charge in [-0.1, -0.05) is 12.1 Å². The zero-order valence-corrected chi connectivity index (χ0v) is 11.4. The van der Waals surface area contributed by atoms with Gasteiger partial charge in [0.05, 0.1) is 26.2 Å². The van der Waals surface area contributed by atoms with E-state index in [1.807, 2.05) is 17.0 Å². The van der Waals surface area contributed by atoms with Gasteiger partial charge in [0.1, 0.15) is 6.61 Å². The van der Waals surface area contributed by atoms with Crippen LogP contribution in [0.25, 0.3) is 0 Å². The maximum atomic E-state index is 11.4. The van der Waals surface area contributed by atoms with E-state index in [1.165, 1.54) is 0 Å². The predicted molar refractivity (Wildman–Crippen MR) is 74.6 cm³/mol. The molecule has 0 heterocycles. The molecule has 1 rings (SSSR count). The molecule has 0 saturated carbocycles. The van der Waals surface area contributed by atoms with E-state index in [4.69, 9.17) is 20.1 Å². The van der Waals surface area contributed by atoms with Crippen LogP contribution in [0.1, 0.15) is 5.56 Å². The molecule has 20 heavy (non-hydrogen) atoms. The van der Waals surface area contributed by atoms with Gasteiger partial charge in [-0.2, -0.15) is 0 Å². The van der Waals surface area contributed by atoms with Gasteiger partial charge in [0.2, 0.25) is 0 Å². The van der Waals surface area contributed by atoms with E-state index in [-0.39, 0.29) is 38.8 Å². The lowest BCUT2D eigenvalue weighted by molar-refractivity contribution is -0.143. The first-order valence-electron chi connectivity index (χ1n) is 6.53. The second-order valence-electron chi connectivity index (χ2n) is 4.22. The third kappa shape index (κ3) is 5.56. The van der Waals surface area contributed by atoms with Crippen molar-refractivity contribution >= 4 is 11.7 Å². The van der Waals surface area contributed by atoms with Gasteiger partial charge in [0.15, 0.2) is 0 Å². The summed E-state index contributed by atoms with van der Waals surface area (Å²) >= 11 is 0. The molecular weight excluding hydrogens is 262 g/mol. The molecule has 0 aliphatic heterocycles. The molecule has 0 aromatic heterocycles. The Morgan fingerprint density at radius 1 is 1.00 bits per heavy atom. The molecule has 0 radical (unpaired) electrons. The molecule has 1 aromatic carbocycles. The van der Waals surface area contributed by atoms with E-state index in [9.17, 15) is 4.79 Å². The minimum atomic E-state index is -0.380. The summed E-state index contributed by atoms with van der Waals surface area (Å²) in [6.07, 6.45) is 0.153. The molecule has 6 heteroatoms. The Balaban J connectivity index is 2.60. The number of benzene rings is 1. The zero-order chi connectivity index (χ0) is 14.8. The zero-order valence-electron chi connectivity index (χ0n) is 11.4. The average molecular weight is 283 g/mol. The van der Waals surface area contributed by atoms with Crippen molar-refractivity contribution in [1.29, 1.82) is 0 Å². The number of hydrogen-bond acceptors (Lipinski definition) is 6. The average Bonchev–Trinajstić information content (AvgIpc) is 2.46. The minimum Gasteiger partial charge on any atom is -0.463 e. The van der Waals surface area contributed by atoms with Crippen molar-refractivity contribution in [2.45, 2.75) is 6.42 Å². The molecule has 1 aromatic rings. The summed E-state index contributed by atoms with van der Waals surface area (Å²) in [4.78, 5) is 13.2. The molecule has 6 nitrogen and oxygen atoms in total. The topological polar surface area (TPSA) is 90.2 Å². The normalized spacial score (nSPS) is 10.3. The summed E-state index contributed by atoms with van der Waals surface area (Å²) in [5.74, 6) is -0.380. The van der Waals surface area contributed by atoms with Crippen molar-refractivity contribution in [3.63, 3.8) is 0 Å². The van der Waals surface area contributed by atoms with Gasteiger partial charge in [-0.3, -0.25) is 4.79 Å². The smallest absolute Gasteiger partial charge is 0.310 e. The summed E-state index contributed by atoms with van der Waals surface area (Å²) in [6, 6.07) is 7.27. The maximum absolute atomic E-state index is 11.4. The van der Waals surface area contributed by atoms with Gasteiger partial charge in [-0.05, 0) is 17.7 Å². The second-order valence-corrected chi connectivity index (χ2v) is 4.22. The van der Waals surface area contributed by atoms with E-state index in [0.717, 1.165) is 11.3 Å². The Labute approximate surface area is 118 Å². The number of esters is 1. The van der Waals surface area contributed by atoms with Crippen molar-refractivity contribution < 1.29 is 24.9 Å². The number of carbonyl (C=O) groups is 1. The quantitative estimate of drug-likeness (QED) is 0.532. The summed E-state index contributed by atoms with van der Waals surface area (Å²) in [5.41, 5.74) is 1.69. The lowest BCUT2D eigenvalue weighted by Crippen LogP contribution is -2.29. The second kappa shape index (κ2) is 9.30. The lowest BCUT2D eigenvalue weighted by atomic mass is 10.1. The van der Waals surface area contributed by atoms with E-state index < -0.39 is 0 Å². The van der Waals surface area contributed by atoms with Crippen molar-refractivity contribution in [2.75, 3.05) is 44.4 Å². The molecule has 0 spiro atoms. The summed E-state index contributed by atoms with van der Waals surface area (Å²) < 4.78 is 4.78. The predicted octanol–water partition coefficient (Wildman–Crippen LogP) is -0.444. The van der Waals surface area contributed by atoms with Crippen molar-refractivity contribution in [1.82, 2.24) is 0 Å². The van der Waals surface area contributed by atoms with Crippen LogP contribution in [-0.4, -0.2) is 60.8 Å². The third-order valence-electron chi connectivity index (χ3n) is 2.74. The molecule has 0 fully saturated rings. The van der Waals surface area contributed by atoms with E-state index in [1.54, 1.807) is 12.1 Å². The number of ether oxygens (including phenoxy) is 1. The van der Waals surface area contributed by atoms with Crippen molar-refractivity contribution in [3.05, 3.63) is 29.8 Å². The highest BCUT2D eigenvalue weighted by atomic mass is 16.5. The fraction of sp³-hybridized carbons (Fsp3) is 0.500. The van der Waals surface area contributed by atoms with Crippen LogP contribution in [0.2, 0.25) is 0 Å². The van der Waals surface area contributed by atoms with Crippen LogP contribution in [0.5, 0.6) is 0 Å². The first kappa shape index (κ1) is 16.4. The Hall–Kier alpha value is -1.63. The monoisotopic (exact) mass is 283 g/mol. The van der Waals surface area contributed by atoms with E-state index >= 15 is 0 Å². The van der Waals surface area contributed by atoms with Gasteiger partial charge in [-0.15, -0.1) is 0 Å². The summed E-state index contributed by atoms with van der Waals surface area (Å²) in [5, 5.41) is 26.5. The van der Waals surface area contributed by atoms with Crippen LogP contribution in [0.15, 0.2) is 24.3 Å². The molecule has 0 unspecified atom stereocenters. The largest absolute Gasteiger partial charge is 0.463 e. The molecular formula is C14H21NO5. The molecule has 0 saturated heterocycles. The highest BCUT2D eigenvalue weighted by Gasteiger charge is 2.07. The molecule has 0 bridgehead atoms. The highest BCUT2D eigenvalue weighted by Crippen LogP contribution is 2.15. The SMILES string of the molecule is O=C(Cc1ccc(N(CCO)CCO)cc1)OCCO. The number of aliphatic hydroxyl groups is 3. The molecule has 0 atom stereocenters. The standard InChI is InChI=1S/C14H21NO5/c16-7-5-15(6-8-17)13-3-1-12(2-4-13)11-14(19)20-10-9-18/h1-4,16-18H,5-11H2. The van der Waals surface area contributed by atoms with Gasteiger partial charge in [-0.25, -0.2) is 0 Å². The maximum Gasteiger partial charge on any atom is 0.310 e. The van der Waals surface area contributed by atoms with Crippen LogP contribution < -0.4 is 4.90 Å². The number of aliphatic hydroxyl groups excluding tert-OH is 3. The molecule has 0 aliphatic rings.